The zero-order chi connectivity index (χ0) is 23.5. The van der Waals surface area contributed by atoms with Gasteiger partial charge in [0, 0.05) is 24.7 Å². The molecule has 2 aromatic heterocycles. The second kappa shape index (κ2) is 9.22. The van der Waals surface area contributed by atoms with Crippen molar-refractivity contribution in [2.24, 2.45) is 0 Å². The van der Waals surface area contributed by atoms with Gasteiger partial charge in [-0.25, -0.2) is 4.98 Å². The number of anilines is 1. The highest BCUT2D eigenvalue weighted by Gasteiger charge is 2.21. The molecule has 4 rings (SSSR count). The van der Waals surface area contributed by atoms with Crippen molar-refractivity contribution in [3.05, 3.63) is 65.9 Å². The number of aromatic amines is 1. The van der Waals surface area contributed by atoms with Gasteiger partial charge in [-0.15, -0.1) is 0 Å². The molecule has 0 saturated carbocycles. The molecule has 170 valence electrons. The van der Waals surface area contributed by atoms with Gasteiger partial charge < -0.3 is 29.2 Å². The Bertz CT molecular complexity index is 1270. The molecule has 0 spiro atoms. The Morgan fingerprint density at radius 3 is 2.21 bits per heavy atom. The third-order valence-corrected chi connectivity index (χ3v) is 5.48. The van der Waals surface area contributed by atoms with Crippen molar-refractivity contribution in [2.75, 3.05) is 33.3 Å². The number of aliphatic hydroxyl groups is 1. The molecule has 1 amide bonds. The van der Waals surface area contributed by atoms with Crippen LogP contribution in [0.3, 0.4) is 0 Å². The Labute approximate surface area is 191 Å². The fourth-order valence-electron chi connectivity index (χ4n) is 3.62. The van der Waals surface area contributed by atoms with Crippen molar-refractivity contribution < 1.29 is 24.1 Å². The van der Waals surface area contributed by atoms with Gasteiger partial charge in [0.15, 0.2) is 11.5 Å². The minimum Gasteiger partial charge on any atom is -0.493 e. The number of hydrogen-bond acceptors (Lipinski definition) is 6. The predicted molar refractivity (Wildman–Crippen MR) is 126 cm³/mol. The van der Waals surface area contributed by atoms with E-state index in [9.17, 15) is 9.90 Å². The Balaban J connectivity index is 1.65. The van der Waals surface area contributed by atoms with Crippen molar-refractivity contribution in [1.29, 1.82) is 0 Å². The van der Waals surface area contributed by atoms with Crippen LogP contribution in [0.25, 0.3) is 22.3 Å². The monoisotopic (exact) mass is 447 g/mol. The first-order chi connectivity index (χ1) is 16.0. The smallest absolute Gasteiger partial charge is 0.274 e. The molecule has 0 unspecified atom stereocenters. The van der Waals surface area contributed by atoms with E-state index in [4.69, 9.17) is 19.2 Å². The number of hydrogen-bond donors (Lipinski definition) is 2. The average Bonchev–Trinajstić information content (AvgIpc) is 3.30. The number of fused-ring (bicyclic) bond motifs is 1. The van der Waals surface area contributed by atoms with Gasteiger partial charge in [0.1, 0.15) is 5.69 Å². The van der Waals surface area contributed by atoms with E-state index in [0.717, 1.165) is 22.3 Å². The van der Waals surface area contributed by atoms with Crippen LogP contribution >= 0.6 is 0 Å². The minimum absolute atomic E-state index is 0.00448. The van der Waals surface area contributed by atoms with Gasteiger partial charge in [0.25, 0.3) is 5.91 Å². The van der Waals surface area contributed by atoms with Crippen LogP contribution in [0.4, 0.5) is 5.69 Å². The van der Waals surface area contributed by atoms with Gasteiger partial charge in [-0.1, -0.05) is 24.3 Å². The Kier molecular flexibility index (Phi) is 6.19. The third-order valence-electron chi connectivity index (χ3n) is 5.48. The number of amides is 1. The number of methoxy groups -OCH3 is 3. The summed E-state index contributed by atoms with van der Waals surface area (Å²) in [6.07, 6.45) is 0. The summed E-state index contributed by atoms with van der Waals surface area (Å²) in [4.78, 5) is 22.6. The highest BCUT2D eigenvalue weighted by molar-refractivity contribution is 6.07. The van der Waals surface area contributed by atoms with Crippen molar-refractivity contribution in [3.63, 3.8) is 0 Å². The number of nitrogens with one attached hydrogen (secondary N) is 1. The zero-order valence-corrected chi connectivity index (χ0v) is 18.9. The number of aromatic nitrogens is 2. The van der Waals surface area contributed by atoms with Crippen molar-refractivity contribution in [2.45, 2.75) is 6.61 Å². The molecule has 0 aliphatic heterocycles. The normalized spacial score (nSPS) is 10.8. The van der Waals surface area contributed by atoms with Crippen LogP contribution in [0.1, 0.15) is 16.1 Å². The van der Waals surface area contributed by atoms with Crippen LogP contribution in [0.2, 0.25) is 0 Å². The minimum atomic E-state index is -0.240. The van der Waals surface area contributed by atoms with Crippen LogP contribution in [0.5, 0.6) is 17.2 Å². The molecule has 0 atom stereocenters. The molecule has 0 radical (unpaired) electrons. The van der Waals surface area contributed by atoms with Gasteiger partial charge in [0.05, 0.1) is 50.4 Å². The molecule has 0 bridgehead atoms. The van der Waals surface area contributed by atoms with E-state index in [1.165, 1.54) is 26.2 Å². The standard InChI is InChI=1S/C25H25N3O5/c1-28(17-11-22(31-2)24(33-4)23(12-17)32-3)25(30)21-13-20-19(27-21)10-9-18(26-20)16-7-5-15(14-29)6-8-16/h5-13,27,29H,14H2,1-4H3. The van der Waals surface area contributed by atoms with Crippen LogP contribution in [-0.4, -0.2) is 49.4 Å². The van der Waals surface area contributed by atoms with Crippen molar-refractivity contribution >= 4 is 22.6 Å². The number of carbonyl (C=O) groups excluding carboxylic acids is 1. The van der Waals surface area contributed by atoms with E-state index in [0.29, 0.717) is 34.1 Å². The van der Waals surface area contributed by atoms with Crippen LogP contribution in [-0.2, 0) is 6.61 Å². The Morgan fingerprint density at radius 1 is 0.970 bits per heavy atom. The second-order valence-corrected chi connectivity index (χ2v) is 7.42. The summed E-state index contributed by atoms with van der Waals surface area (Å²) >= 11 is 0. The number of rotatable bonds is 7. The fraction of sp³-hybridized carbons (Fsp3) is 0.200. The number of carbonyl (C=O) groups is 1. The average molecular weight is 447 g/mol. The summed E-state index contributed by atoms with van der Waals surface area (Å²) < 4.78 is 16.2. The molecule has 2 heterocycles. The van der Waals surface area contributed by atoms with Gasteiger partial charge in [-0.2, -0.15) is 0 Å². The maximum atomic E-state index is 13.2. The SMILES string of the molecule is COc1cc(N(C)C(=O)c2cc3nc(-c4ccc(CO)cc4)ccc3[nH]2)cc(OC)c1OC. The van der Waals surface area contributed by atoms with E-state index >= 15 is 0 Å². The lowest BCUT2D eigenvalue weighted by Gasteiger charge is -2.20. The molecule has 0 aliphatic carbocycles. The number of pyridine rings is 1. The number of H-pyrrole nitrogens is 1. The molecular weight excluding hydrogens is 422 g/mol. The Hall–Kier alpha value is -4.04. The lowest BCUT2D eigenvalue weighted by atomic mass is 10.1. The number of aliphatic hydroxyl groups excluding tert-OH is 1. The van der Waals surface area contributed by atoms with Crippen LogP contribution < -0.4 is 19.1 Å². The molecule has 0 fully saturated rings. The molecule has 0 saturated heterocycles. The summed E-state index contributed by atoms with van der Waals surface area (Å²) in [6.45, 7) is -0.00448. The molecule has 2 N–H and O–H groups in total. The van der Waals surface area contributed by atoms with E-state index < -0.39 is 0 Å². The van der Waals surface area contributed by atoms with Gasteiger partial charge in [0.2, 0.25) is 5.75 Å². The predicted octanol–water partition coefficient (Wildman–Crippen LogP) is 4.02. The van der Waals surface area contributed by atoms with Gasteiger partial charge in [-0.3, -0.25) is 4.79 Å². The fourth-order valence-corrected chi connectivity index (χ4v) is 3.62. The first kappa shape index (κ1) is 22.2. The first-order valence-corrected chi connectivity index (χ1v) is 10.3. The van der Waals surface area contributed by atoms with E-state index in [1.54, 1.807) is 25.2 Å². The molecule has 2 aromatic carbocycles. The van der Waals surface area contributed by atoms with Crippen LogP contribution in [0.15, 0.2) is 54.6 Å². The maximum absolute atomic E-state index is 13.2. The summed E-state index contributed by atoms with van der Waals surface area (Å²) in [6, 6.07) is 16.5. The van der Waals surface area contributed by atoms with Crippen LogP contribution in [0, 0.1) is 0 Å². The largest absolute Gasteiger partial charge is 0.493 e. The first-order valence-electron chi connectivity index (χ1n) is 10.3. The maximum Gasteiger partial charge on any atom is 0.274 e. The van der Waals surface area contributed by atoms with E-state index in [-0.39, 0.29) is 12.5 Å². The molecule has 8 nitrogen and oxygen atoms in total. The molecular formula is C25H25N3O5. The lowest BCUT2D eigenvalue weighted by molar-refractivity contribution is 0.0989. The zero-order valence-electron chi connectivity index (χ0n) is 18.9. The van der Waals surface area contributed by atoms with Gasteiger partial charge >= 0.3 is 0 Å². The molecule has 8 heteroatoms. The number of nitrogens with zero attached hydrogens (tertiary/aromatic N) is 2. The Morgan fingerprint density at radius 2 is 1.64 bits per heavy atom. The topological polar surface area (TPSA) is 96.9 Å². The summed E-state index contributed by atoms with van der Waals surface area (Å²) in [5.74, 6) is 1.14. The van der Waals surface area contributed by atoms with E-state index in [2.05, 4.69) is 4.98 Å². The summed E-state index contributed by atoms with van der Waals surface area (Å²) in [5, 5.41) is 9.23. The lowest BCUT2D eigenvalue weighted by Crippen LogP contribution is -2.26. The summed E-state index contributed by atoms with van der Waals surface area (Å²) in [7, 11) is 6.26. The summed E-state index contributed by atoms with van der Waals surface area (Å²) in [5.41, 5.74) is 4.98. The number of ether oxygens (including phenoxy) is 3. The highest BCUT2D eigenvalue weighted by Crippen LogP contribution is 2.41. The van der Waals surface area contributed by atoms with E-state index in [1.807, 2.05) is 36.4 Å². The second-order valence-electron chi connectivity index (χ2n) is 7.42. The molecule has 0 aliphatic rings. The van der Waals surface area contributed by atoms with Gasteiger partial charge in [-0.05, 0) is 23.8 Å². The van der Waals surface area contributed by atoms with Crippen molar-refractivity contribution in [1.82, 2.24) is 9.97 Å². The molecule has 33 heavy (non-hydrogen) atoms. The van der Waals surface area contributed by atoms with Crippen molar-refractivity contribution in [3.8, 4) is 28.5 Å². The third kappa shape index (κ3) is 4.20. The highest BCUT2D eigenvalue weighted by atomic mass is 16.5. The quantitative estimate of drug-likeness (QED) is 0.444. The molecule has 4 aromatic rings. The number of benzene rings is 2.